The molecule has 0 aromatic carbocycles. The summed E-state index contributed by atoms with van der Waals surface area (Å²) in [7, 11) is 0. The van der Waals surface area contributed by atoms with E-state index in [4.69, 9.17) is 0 Å². The molecule has 2 rings (SSSR count). The fourth-order valence-corrected chi connectivity index (χ4v) is 3.48. The molecule has 2 aliphatic rings. The van der Waals surface area contributed by atoms with Crippen molar-refractivity contribution in [2.75, 3.05) is 39.3 Å². The van der Waals surface area contributed by atoms with Gasteiger partial charge in [0, 0.05) is 32.7 Å². The molecular formula is C16H31N3O. The van der Waals surface area contributed by atoms with Crippen LogP contribution in [0.4, 0.5) is 0 Å². The zero-order chi connectivity index (χ0) is 14.8. The third-order valence-electron chi connectivity index (χ3n) is 4.68. The summed E-state index contributed by atoms with van der Waals surface area (Å²) in [5, 5.41) is 3.45. The van der Waals surface area contributed by atoms with Crippen LogP contribution in [0, 0.1) is 11.3 Å². The predicted molar refractivity (Wildman–Crippen MR) is 82.7 cm³/mol. The Bertz CT molecular complexity index is 333. The molecule has 0 radical (unpaired) electrons. The van der Waals surface area contributed by atoms with E-state index in [9.17, 15) is 4.79 Å². The van der Waals surface area contributed by atoms with E-state index < -0.39 is 0 Å². The van der Waals surface area contributed by atoms with Gasteiger partial charge in [0.1, 0.15) is 0 Å². The summed E-state index contributed by atoms with van der Waals surface area (Å²) >= 11 is 0. The summed E-state index contributed by atoms with van der Waals surface area (Å²) < 4.78 is 0. The molecule has 1 unspecified atom stereocenters. The molecule has 116 valence electrons. The molecular weight excluding hydrogens is 250 g/mol. The van der Waals surface area contributed by atoms with Crippen molar-refractivity contribution < 1.29 is 4.79 Å². The minimum atomic E-state index is 0.00731. The highest BCUT2D eigenvalue weighted by atomic mass is 16.2. The number of piperidine rings is 1. The van der Waals surface area contributed by atoms with Gasteiger partial charge in [-0.3, -0.25) is 9.69 Å². The lowest BCUT2D eigenvalue weighted by atomic mass is 9.77. The number of carbonyl (C=O) groups excluding carboxylic acids is 1. The van der Waals surface area contributed by atoms with Crippen LogP contribution in [0.3, 0.4) is 0 Å². The molecule has 0 aromatic heterocycles. The highest BCUT2D eigenvalue weighted by Gasteiger charge is 2.39. The van der Waals surface area contributed by atoms with Crippen LogP contribution in [0.25, 0.3) is 0 Å². The van der Waals surface area contributed by atoms with Gasteiger partial charge >= 0.3 is 0 Å². The number of rotatable bonds is 3. The molecule has 0 aliphatic carbocycles. The summed E-state index contributed by atoms with van der Waals surface area (Å²) in [5.74, 6) is 1.02. The maximum Gasteiger partial charge on any atom is 0.240 e. The Morgan fingerprint density at radius 1 is 1.25 bits per heavy atom. The number of nitrogens with zero attached hydrogens (tertiary/aromatic N) is 2. The van der Waals surface area contributed by atoms with Gasteiger partial charge in [-0.25, -0.2) is 0 Å². The van der Waals surface area contributed by atoms with Gasteiger partial charge in [0.15, 0.2) is 0 Å². The van der Waals surface area contributed by atoms with Crippen molar-refractivity contribution in [2.45, 2.75) is 46.6 Å². The lowest BCUT2D eigenvalue weighted by Crippen LogP contribution is -2.59. The largest absolute Gasteiger partial charge is 0.339 e. The molecule has 0 aromatic rings. The average molecular weight is 281 g/mol. The van der Waals surface area contributed by atoms with Gasteiger partial charge in [-0.1, -0.05) is 27.7 Å². The number of nitrogens with one attached hydrogen (secondary N) is 1. The van der Waals surface area contributed by atoms with E-state index in [2.05, 4.69) is 42.8 Å². The Balaban J connectivity index is 1.88. The van der Waals surface area contributed by atoms with Crippen LogP contribution in [0.5, 0.6) is 0 Å². The Kier molecular flexibility index (Phi) is 5.08. The lowest BCUT2D eigenvalue weighted by molar-refractivity contribution is -0.139. The highest BCUT2D eigenvalue weighted by Crippen LogP contribution is 2.31. The van der Waals surface area contributed by atoms with Crippen LogP contribution in [0.2, 0.25) is 0 Å². The van der Waals surface area contributed by atoms with E-state index in [-0.39, 0.29) is 11.5 Å². The second-order valence-corrected chi connectivity index (χ2v) is 7.50. The fraction of sp³-hybridized carbons (Fsp3) is 0.938. The van der Waals surface area contributed by atoms with Gasteiger partial charge in [-0.15, -0.1) is 0 Å². The molecule has 4 nitrogen and oxygen atoms in total. The van der Waals surface area contributed by atoms with Gasteiger partial charge in [0.25, 0.3) is 0 Å². The zero-order valence-corrected chi connectivity index (χ0v) is 13.6. The van der Waals surface area contributed by atoms with Crippen molar-refractivity contribution in [3.05, 3.63) is 0 Å². The minimum absolute atomic E-state index is 0.00731. The molecule has 0 saturated carbocycles. The lowest BCUT2D eigenvalue weighted by Gasteiger charge is -2.43. The second kappa shape index (κ2) is 6.44. The molecule has 2 heterocycles. The van der Waals surface area contributed by atoms with Crippen LogP contribution >= 0.6 is 0 Å². The van der Waals surface area contributed by atoms with Crippen LogP contribution in [0.1, 0.15) is 40.5 Å². The first-order chi connectivity index (χ1) is 9.40. The Morgan fingerprint density at radius 3 is 2.45 bits per heavy atom. The molecule has 2 fully saturated rings. The van der Waals surface area contributed by atoms with Crippen LogP contribution in [-0.2, 0) is 4.79 Å². The van der Waals surface area contributed by atoms with Crippen LogP contribution in [0.15, 0.2) is 0 Å². The first kappa shape index (κ1) is 15.8. The average Bonchev–Trinajstić information content (AvgIpc) is 2.37. The van der Waals surface area contributed by atoms with Crippen molar-refractivity contribution in [1.82, 2.24) is 15.1 Å². The normalized spacial score (nSPS) is 27.9. The van der Waals surface area contributed by atoms with Crippen LogP contribution < -0.4 is 5.32 Å². The molecule has 20 heavy (non-hydrogen) atoms. The summed E-state index contributed by atoms with van der Waals surface area (Å²) in [6.07, 6.45) is 2.32. The van der Waals surface area contributed by atoms with E-state index in [0.29, 0.717) is 11.8 Å². The summed E-state index contributed by atoms with van der Waals surface area (Å²) in [6.45, 7) is 14.9. The van der Waals surface area contributed by atoms with E-state index in [1.807, 2.05) is 0 Å². The zero-order valence-electron chi connectivity index (χ0n) is 13.6. The summed E-state index contributed by atoms with van der Waals surface area (Å²) in [5.41, 5.74) is 0.0877. The molecule has 0 spiro atoms. The third kappa shape index (κ3) is 3.73. The molecule has 1 atom stereocenters. The maximum absolute atomic E-state index is 12.7. The first-order valence-corrected chi connectivity index (χ1v) is 8.14. The maximum atomic E-state index is 12.7. The van der Waals surface area contributed by atoms with Crippen molar-refractivity contribution in [3.63, 3.8) is 0 Å². The highest BCUT2D eigenvalue weighted by molar-refractivity contribution is 5.83. The number of amides is 1. The molecule has 1 N–H and O–H groups in total. The first-order valence-electron chi connectivity index (χ1n) is 8.14. The van der Waals surface area contributed by atoms with E-state index in [1.54, 1.807) is 0 Å². The van der Waals surface area contributed by atoms with Gasteiger partial charge in [-0.05, 0) is 30.7 Å². The van der Waals surface area contributed by atoms with Crippen molar-refractivity contribution in [3.8, 4) is 0 Å². The summed E-state index contributed by atoms with van der Waals surface area (Å²) in [6, 6.07) is 0.00731. The smallest absolute Gasteiger partial charge is 0.240 e. The van der Waals surface area contributed by atoms with Crippen LogP contribution in [-0.4, -0.2) is 61.0 Å². The topological polar surface area (TPSA) is 35.6 Å². The van der Waals surface area contributed by atoms with Gasteiger partial charge < -0.3 is 10.2 Å². The Labute approximate surface area is 123 Å². The predicted octanol–water partition coefficient (Wildman–Crippen LogP) is 1.56. The Hall–Kier alpha value is -0.610. The number of carbonyl (C=O) groups is 1. The SMILES string of the molecule is CC(C)CN1CCN(C(=O)C2NCCCC2(C)C)CC1. The third-order valence-corrected chi connectivity index (χ3v) is 4.68. The number of piperazine rings is 1. The van der Waals surface area contributed by atoms with Gasteiger partial charge in [0.05, 0.1) is 6.04 Å². The van der Waals surface area contributed by atoms with Crippen molar-refractivity contribution >= 4 is 5.91 Å². The molecule has 2 aliphatic heterocycles. The van der Waals surface area contributed by atoms with E-state index >= 15 is 0 Å². The Morgan fingerprint density at radius 2 is 1.90 bits per heavy atom. The standard InChI is InChI=1S/C16H31N3O/c1-13(2)12-18-8-10-19(11-9-18)15(20)14-16(3,4)6-5-7-17-14/h13-14,17H,5-12H2,1-4H3. The van der Waals surface area contributed by atoms with Gasteiger partial charge in [-0.2, -0.15) is 0 Å². The van der Waals surface area contributed by atoms with E-state index in [0.717, 1.165) is 45.7 Å². The molecule has 0 bridgehead atoms. The van der Waals surface area contributed by atoms with Crippen molar-refractivity contribution in [2.24, 2.45) is 11.3 Å². The summed E-state index contributed by atoms with van der Waals surface area (Å²) in [4.78, 5) is 17.3. The monoisotopic (exact) mass is 281 g/mol. The van der Waals surface area contributed by atoms with E-state index in [1.165, 1.54) is 6.42 Å². The second-order valence-electron chi connectivity index (χ2n) is 7.50. The fourth-order valence-electron chi connectivity index (χ4n) is 3.48. The molecule has 2 saturated heterocycles. The number of hydrogen-bond donors (Lipinski definition) is 1. The van der Waals surface area contributed by atoms with Gasteiger partial charge in [0.2, 0.25) is 5.91 Å². The molecule has 4 heteroatoms. The molecule has 1 amide bonds. The minimum Gasteiger partial charge on any atom is -0.339 e. The number of hydrogen-bond acceptors (Lipinski definition) is 3. The quantitative estimate of drug-likeness (QED) is 0.853. The van der Waals surface area contributed by atoms with Crippen molar-refractivity contribution in [1.29, 1.82) is 0 Å².